The van der Waals surface area contributed by atoms with Crippen molar-refractivity contribution in [1.29, 1.82) is 0 Å². The molecule has 0 aliphatic rings. The monoisotopic (exact) mass is 331 g/mol. The molecule has 0 saturated heterocycles. The van der Waals surface area contributed by atoms with E-state index in [0.29, 0.717) is 0 Å². The largest absolute Gasteiger partial charge is 0.302 e. The van der Waals surface area contributed by atoms with Crippen molar-refractivity contribution >= 4 is 0 Å². The molecule has 1 aromatic rings. The zero-order valence-electron chi connectivity index (χ0n) is 16.4. The maximum atomic E-state index is 2.45. The first kappa shape index (κ1) is 21.2. The molecule has 0 radical (unpaired) electrons. The van der Waals surface area contributed by atoms with Crippen LogP contribution in [0.25, 0.3) is 0 Å². The minimum Gasteiger partial charge on any atom is -0.302 e. The Labute approximate surface area is 151 Å². The summed E-state index contributed by atoms with van der Waals surface area (Å²) in [6.07, 6.45) is 18.6. The van der Waals surface area contributed by atoms with Crippen LogP contribution in [0.1, 0.15) is 96.0 Å². The highest BCUT2D eigenvalue weighted by Gasteiger charge is 2.00. The summed E-state index contributed by atoms with van der Waals surface area (Å²) in [4.78, 5) is 2.45. The van der Waals surface area contributed by atoms with Crippen LogP contribution in [0.3, 0.4) is 0 Å². The van der Waals surface area contributed by atoms with Crippen molar-refractivity contribution in [2.75, 3.05) is 13.6 Å². The molecule has 1 aromatic carbocycles. The summed E-state index contributed by atoms with van der Waals surface area (Å²) in [5.74, 6) is 0. The van der Waals surface area contributed by atoms with Gasteiger partial charge in [0.25, 0.3) is 0 Å². The lowest BCUT2D eigenvalue weighted by Gasteiger charge is -2.16. The normalized spacial score (nSPS) is 11.3. The second-order valence-electron chi connectivity index (χ2n) is 7.47. The van der Waals surface area contributed by atoms with Gasteiger partial charge in [-0.1, -0.05) is 114 Å². The average Bonchev–Trinajstić information content (AvgIpc) is 2.60. The molecule has 0 fully saturated rings. The van der Waals surface area contributed by atoms with Crippen LogP contribution in [-0.4, -0.2) is 18.5 Å². The van der Waals surface area contributed by atoms with Gasteiger partial charge >= 0.3 is 0 Å². The Bertz CT molecular complexity index is 360. The fourth-order valence-corrected chi connectivity index (χ4v) is 3.37. The zero-order chi connectivity index (χ0) is 17.3. The van der Waals surface area contributed by atoms with Crippen molar-refractivity contribution in [1.82, 2.24) is 4.90 Å². The molecular formula is C23H41N. The lowest BCUT2D eigenvalue weighted by atomic mass is 10.0. The first-order chi connectivity index (χ1) is 11.8. The van der Waals surface area contributed by atoms with Gasteiger partial charge in [-0.25, -0.2) is 0 Å². The van der Waals surface area contributed by atoms with Gasteiger partial charge in [0.15, 0.2) is 0 Å². The van der Waals surface area contributed by atoms with Gasteiger partial charge in [-0.2, -0.15) is 0 Å². The summed E-state index contributed by atoms with van der Waals surface area (Å²) in [6.45, 7) is 4.60. The third kappa shape index (κ3) is 12.6. The number of benzene rings is 1. The highest BCUT2D eigenvalue weighted by molar-refractivity contribution is 5.14. The Morgan fingerprint density at radius 2 is 1.08 bits per heavy atom. The molecule has 138 valence electrons. The molecule has 0 heterocycles. The topological polar surface area (TPSA) is 3.24 Å². The first-order valence-corrected chi connectivity index (χ1v) is 10.6. The van der Waals surface area contributed by atoms with Crippen LogP contribution in [0.15, 0.2) is 30.3 Å². The van der Waals surface area contributed by atoms with Gasteiger partial charge in [-0.05, 0) is 25.6 Å². The summed E-state index contributed by atoms with van der Waals surface area (Å²) >= 11 is 0. The summed E-state index contributed by atoms with van der Waals surface area (Å²) < 4.78 is 0. The summed E-state index contributed by atoms with van der Waals surface area (Å²) in [5, 5.41) is 0. The second kappa shape index (κ2) is 15.7. The van der Waals surface area contributed by atoms with Crippen molar-refractivity contribution in [3.8, 4) is 0 Å². The molecule has 0 bridgehead atoms. The highest BCUT2D eigenvalue weighted by Crippen LogP contribution is 2.12. The minimum absolute atomic E-state index is 1.08. The van der Waals surface area contributed by atoms with Crippen LogP contribution in [0.4, 0.5) is 0 Å². The summed E-state index contributed by atoms with van der Waals surface area (Å²) in [5.41, 5.74) is 1.43. The van der Waals surface area contributed by atoms with Gasteiger partial charge in [-0.3, -0.25) is 0 Å². The maximum Gasteiger partial charge on any atom is 0.0230 e. The van der Waals surface area contributed by atoms with Crippen molar-refractivity contribution in [2.45, 2.75) is 96.9 Å². The molecule has 0 spiro atoms. The van der Waals surface area contributed by atoms with Gasteiger partial charge in [0, 0.05) is 6.54 Å². The lowest BCUT2D eigenvalue weighted by molar-refractivity contribution is 0.316. The zero-order valence-corrected chi connectivity index (χ0v) is 16.4. The molecule has 1 heteroatoms. The number of hydrogen-bond donors (Lipinski definition) is 0. The van der Waals surface area contributed by atoms with E-state index < -0.39 is 0 Å². The Balaban J connectivity index is 1.80. The molecule has 0 aliphatic heterocycles. The van der Waals surface area contributed by atoms with Gasteiger partial charge < -0.3 is 4.90 Å². The van der Waals surface area contributed by atoms with Gasteiger partial charge in [0.2, 0.25) is 0 Å². The van der Waals surface area contributed by atoms with E-state index in [0.717, 1.165) is 6.54 Å². The van der Waals surface area contributed by atoms with Crippen molar-refractivity contribution < 1.29 is 0 Å². The molecule has 0 amide bonds. The summed E-state index contributed by atoms with van der Waals surface area (Å²) in [6, 6.07) is 10.8. The average molecular weight is 332 g/mol. The molecular weight excluding hydrogens is 290 g/mol. The van der Waals surface area contributed by atoms with Crippen LogP contribution >= 0.6 is 0 Å². The van der Waals surface area contributed by atoms with Crippen molar-refractivity contribution in [3.05, 3.63) is 35.9 Å². The molecule has 1 rings (SSSR count). The second-order valence-corrected chi connectivity index (χ2v) is 7.47. The van der Waals surface area contributed by atoms with E-state index >= 15 is 0 Å². The molecule has 0 atom stereocenters. The van der Waals surface area contributed by atoms with Crippen molar-refractivity contribution in [3.63, 3.8) is 0 Å². The van der Waals surface area contributed by atoms with Crippen LogP contribution in [0.2, 0.25) is 0 Å². The molecule has 0 N–H and O–H groups in total. The van der Waals surface area contributed by atoms with Crippen molar-refractivity contribution in [2.24, 2.45) is 0 Å². The van der Waals surface area contributed by atoms with Gasteiger partial charge in [0.05, 0.1) is 0 Å². The van der Waals surface area contributed by atoms with Crippen LogP contribution in [0, 0.1) is 0 Å². The molecule has 0 aromatic heterocycles. The molecule has 0 unspecified atom stereocenters. The van der Waals surface area contributed by atoms with Crippen LogP contribution < -0.4 is 0 Å². The van der Waals surface area contributed by atoms with Crippen LogP contribution in [-0.2, 0) is 6.54 Å². The third-order valence-corrected chi connectivity index (χ3v) is 4.94. The van der Waals surface area contributed by atoms with E-state index in [2.05, 4.69) is 49.2 Å². The van der Waals surface area contributed by atoms with E-state index in [4.69, 9.17) is 0 Å². The number of hydrogen-bond acceptors (Lipinski definition) is 1. The SMILES string of the molecule is CCCCCCCCCCCCCCCN(C)Cc1ccccc1. The smallest absolute Gasteiger partial charge is 0.0230 e. The van der Waals surface area contributed by atoms with E-state index in [9.17, 15) is 0 Å². The van der Waals surface area contributed by atoms with E-state index in [1.165, 1.54) is 95.6 Å². The molecule has 1 nitrogen and oxygen atoms in total. The number of nitrogens with zero attached hydrogens (tertiary/aromatic N) is 1. The standard InChI is InChI=1S/C23H41N/c1-3-4-5-6-7-8-9-10-11-12-13-14-18-21-24(2)22-23-19-16-15-17-20-23/h15-17,19-20H,3-14,18,21-22H2,1-2H3. The Hall–Kier alpha value is -0.820. The molecule has 0 saturated carbocycles. The van der Waals surface area contributed by atoms with E-state index in [-0.39, 0.29) is 0 Å². The highest BCUT2D eigenvalue weighted by atomic mass is 15.1. The van der Waals surface area contributed by atoms with Gasteiger partial charge in [0.1, 0.15) is 0 Å². The quantitative estimate of drug-likeness (QED) is 0.289. The predicted octanol–water partition coefficient (Wildman–Crippen LogP) is 7.21. The van der Waals surface area contributed by atoms with E-state index in [1.54, 1.807) is 0 Å². The fourth-order valence-electron chi connectivity index (χ4n) is 3.37. The minimum atomic E-state index is 1.08. The van der Waals surface area contributed by atoms with Gasteiger partial charge in [-0.15, -0.1) is 0 Å². The third-order valence-electron chi connectivity index (χ3n) is 4.94. The number of rotatable bonds is 16. The molecule has 0 aliphatic carbocycles. The number of unbranched alkanes of at least 4 members (excludes halogenated alkanes) is 12. The Kier molecular flexibility index (Phi) is 13.9. The van der Waals surface area contributed by atoms with E-state index in [1.807, 2.05) is 0 Å². The first-order valence-electron chi connectivity index (χ1n) is 10.6. The fraction of sp³-hybridized carbons (Fsp3) is 0.739. The predicted molar refractivity (Wildman–Crippen MR) is 108 cm³/mol. The Morgan fingerprint density at radius 3 is 1.58 bits per heavy atom. The van der Waals surface area contributed by atoms with Crippen LogP contribution in [0.5, 0.6) is 0 Å². The lowest BCUT2D eigenvalue weighted by Crippen LogP contribution is -2.18. The summed E-state index contributed by atoms with van der Waals surface area (Å²) in [7, 11) is 2.24. The Morgan fingerprint density at radius 1 is 0.625 bits per heavy atom. The maximum absolute atomic E-state index is 2.45. The molecule has 24 heavy (non-hydrogen) atoms.